The zero-order chi connectivity index (χ0) is 11.6. The molecule has 0 heterocycles. The molecule has 0 saturated carbocycles. The Balaban J connectivity index is 5.01. The minimum atomic E-state index is -5.48. The summed E-state index contributed by atoms with van der Waals surface area (Å²) in [4.78, 5) is 0. The summed E-state index contributed by atoms with van der Waals surface area (Å²) in [6, 6.07) is 0. The molecule has 0 aromatic rings. The lowest BCUT2D eigenvalue weighted by Crippen LogP contribution is -2.30. The summed E-state index contributed by atoms with van der Waals surface area (Å²) in [7, 11) is -4.11. The highest BCUT2D eigenvalue weighted by Crippen LogP contribution is 2.24. The van der Waals surface area contributed by atoms with Crippen LogP contribution in [0.5, 0.6) is 0 Å². The van der Waals surface area contributed by atoms with E-state index in [1.807, 2.05) is 0 Å². The summed E-state index contributed by atoms with van der Waals surface area (Å²) < 4.78 is 60.1. The van der Waals surface area contributed by atoms with Crippen molar-refractivity contribution in [1.29, 1.82) is 0 Å². The van der Waals surface area contributed by atoms with Crippen molar-refractivity contribution in [2.75, 3.05) is 13.6 Å². The third-order valence-electron chi connectivity index (χ3n) is 1.23. The lowest BCUT2D eigenvalue weighted by Gasteiger charge is -2.13. The fourth-order valence-corrected chi connectivity index (χ4v) is 2.19. The largest absolute Gasteiger partial charge is 0.519 e. The first kappa shape index (κ1) is 13.8. The second kappa shape index (κ2) is 4.55. The van der Waals surface area contributed by atoms with Gasteiger partial charge in [-0.15, -0.1) is 3.77 Å². The first-order chi connectivity index (χ1) is 6.12. The Kier molecular flexibility index (Phi) is 4.49. The number of sulfonamides is 1. The maximum absolute atomic E-state index is 11.8. The van der Waals surface area contributed by atoms with Gasteiger partial charge in [0, 0.05) is 6.54 Å². The van der Waals surface area contributed by atoms with E-state index in [0.717, 1.165) is 0 Å². The van der Waals surface area contributed by atoms with E-state index >= 15 is 0 Å². The number of nitrogens with two attached hydrogens (primary N) is 1. The van der Waals surface area contributed by atoms with E-state index in [4.69, 9.17) is 5.14 Å². The Labute approximate surface area is 82.5 Å². The van der Waals surface area contributed by atoms with E-state index in [-0.39, 0.29) is 0 Å². The highest BCUT2D eigenvalue weighted by molar-refractivity contribution is 7.98. The Morgan fingerprint density at radius 3 is 2.21 bits per heavy atom. The molecule has 10 heteroatoms. The van der Waals surface area contributed by atoms with Gasteiger partial charge in [-0.1, -0.05) is 6.92 Å². The molecule has 1 atom stereocenters. The Bertz CT molecular complexity index is 323. The molecule has 0 amide bonds. The molecule has 0 aliphatic carbocycles. The summed E-state index contributed by atoms with van der Waals surface area (Å²) >= 11 is -1.78. The molecule has 1 unspecified atom stereocenters. The van der Waals surface area contributed by atoms with E-state index < -0.39 is 26.6 Å². The molecule has 0 radical (unpaired) electrons. The number of halogens is 3. The Morgan fingerprint density at radius 1 is 1.50 bits per heavy atom. The first-order valence-corrected chi connectivity index (χ1v) is 6.00. The van der Waals surface area contributed by atoms with Crippen molar-refractivity contribution in [3.05, 3.63) is 0 Å². The quantitative estimate of drug-likeness (QED) is 0.789. The monoisotopic (exact) mass is 253 g/mol. The van der Waals surface area contributed by atoms with Crippen LogP contribution in [0.15, 0.2) is 3.77 Å². The van der Waals surface area contributed by atoms with Gasteiger partial charge in [0.2, 0.25) is 0 Å². The molecule has 14 heavy (non-hydrogen) atoms. The summed E-state index contributed by atoms with van der Waals surface area (Å²) in [6.07, 6.45) is 0. The van der Waals surface area contributed by atoms with Crippen LogP contribution in [0.1, 0.15) is 6.92 Å². The Hall–Kier alpha value is -0.190. The van der Waals surface area contributed by atoms with Gasteiger partial charge >= 0.3 is 15.5 Å². The van der Waals surface area contributed by atoms with Crippen molar-refractivity contribution in [2.45, 2.75) is 12.4 Å². The normalized spacial score (nSPS) is 16.2. The van der Waals surface area contributed by atoms with Gasteiger partial charge in [-0.2, -0.15) is 21.6 Å². The predicted molar refractivity (Wildman–Crippen MR) is 47.3 cm³/mol. The average molecular weight is 253 g/mol. The van der Waals surface area contributed by atoms with E-state index in [0.29, 0.717) is 6.54 Å². The molecule has 2 N–H and O–H groups in total. The van der Waals surface area contributed by atoms with Gasteiger partial charge in [0.25, 0.3) is 0 Å². The van der Waals surface area contributed by atoms with Gasteiger partial charge < -0.3 is 0 Å². The number of alkyl halides is 3. The predicted octanol–water partition coefficient (Wildman–Crippen LogP) is 0.378. The van der Waals surface area contributed by atoms with E-state index in [9.17, 15) is 21.6 Å². The third kappa shape index (κ3) is 3.52. The van der Waals surface area contributed by atoms with Gasteiger partial charge in [-0.25, -0.2) is 4.31 Å². The molecule has 0 rings (SSSR count). The maximum Gasteiger partial charge on any atom is 0.519 e. The smallest absolute Gasteiger partial charge is 0.255 e. The molecule has 0 fully saturated rings. The number of hydrogen-bond acceptors (Lipinski definition) is 2. The molecule has 5 nitrogen and oxygen atoms in total. The molecule has 0 spiro atoms. The number of hydrogen-bond donors (Lipinski definition) is 1. The van der Waals surface area contributed by atoms with Crippen LogP contribution in [0.3, 0.4) is 0 Å². The summed E-state index contributed by atoms with van der Waals surface area (Å²) in [6.45, 7) is 1.92. The summed E-state index contributed by atoms with van der Waals surface area (Å²) in [5.41, 5.74) is -5.38. The lowest BCUT2D eigenvalue weighted by atomic mass is 10.8. The molecule has 86 valence electrons. The topological polar surface area (TPSA) is 75.8 Å². The number of rotatable bonds is 3. The van der Waals surface area contributed by atoms with Crippen LogP contribution in [0.4, 0.5) is 13.2 Å². The van der Waals surface area contributed by atoms with Crippen LogP contribution < -0.4 is 5.14 Å². The molecule has 0 aliphatic heterocycles. The molecular formula is C4H10F3N3O2S2. The Morgan fingerprint density at radius 2 is 1.93 bits per heavy atom. The van der Waals surface area contributed by atoms with Crippen molar-refractivity contribution in [3.63, 3.8) is 0 Å². The SMILES string of the molecule is CCN(C)S(N)=NS(=O)(=O)C(F)(F)F. The fraction of sp³-hybridized carbons (Fsp3) is 1.00. The summed E-state index contributed by atoms with van der Waals surface area (Å²) in [5.74, 6) is 0. The van der Waals surface area contributed by atoms with Crippen LogP contribution in [-0.4, -0.2) is 31.8 Å². The minimum Gasteiger partial charge on any atom is -0.255 e. The highest BCUT2D eigenvalue weighted by atomic mass is 32.3. The minimum absolute atomic E-state index is 0.302. The van der Waals surface area contributed by atoms with Crippen molar-refractivity contribution >= 4 is 21.1 Å². The van der Waals surface area contributed by atoms with Gasteiger partial charge in [0.1, 0.15) is 0 Å². The lowest BCUT2D eigenvalue weighted by molar-refractivity contribution is -0.0434. The highest BCUT2D eigenvalue weighted by Gasteiger charge is 2.46. The second-order valence-corrected chi connectivity index (χ2v) is 5.45. The van der Waals surface area contributed by atoms with Crippen LogP contribution in [-0.2, 0) is 21.1 Å². The second-order valence-electron chi connectivity index (χ2n) is 2.23. The molecule has 0 aromatic carbocycles. The van der Waals surface area contributed by atoms with Crippen LogP contribution >= 0.6 is 0 Å². The van der Waals surface area contributed by atoms with Crippen LogP contribution in [0.2, 0.25) is 0 Å². The van der Waals surface area contributed by atoms with Crippen molar-refractivity contribution < 1.29 is 21.6 Å². The van der Waals surface area contributed by atoms with E-state index in [1.165, 1.54) is 11.4 Å². The zero-order valence-electron chi connectivity index (χ0n) is 7.45. The maximum atomic E-state index is 11.8. The first-order valence-electron chi connectivity index (χ1n) is 3.36. The van der Waals surface area contributed by atoms with Gasteiger partial charge in [-0.3, -0.25) is 5.14 Å². The standard InChI is InChI=1S/C4H10F3N3O2S2/c1-3-10(2)13(8)9-14(11,12)4(5,6)7/h3H2,1-2H3,(H2,8,9). The van der Waals surface area contributed by atoms with Gasteiger partial charge in [-0.05, 0) is 7.05 Å². The van der Waals surface area contributed by atoms with Gasteiger partial charge in [0.15, 0.2) is 0 Å². The van der Waals surface area contributed by atoms with Crippen molar-refractivity contribution in [3.8, 4) is 0 Å². The van der Waals surface area contributed by atoms with E-state index in [1.54, 1.807) is 6.92 Å². The van der Waals surface area contributed by atoms with Crippen molar-refractivity contribution in [2.24, 2.45) is 8.91 Å². The summed E-state index contributed by atoms with van der Waals surface area (Å²) in [5, 5.41) is 5.12. The van der Waals surface area contributed by atoms with Crippen LogP contribution in [0, 0.1) is 0 Å². The fourth-order valence-electron chi connectivity index (χ4n) is 0.332. The number of nitrogens with zero attached hydrogens (tertiary/aromatic N) is 2. The molecule has 0 aliphatic rings. The zero-order valence-corrected chi connectivity index (χ0v) is 9.08. The molecular weight excluding hydrogens is 243 g/mol. The molecule has 0 bridgehead atoms. The van der Waals surface area contributed by atoms with Crippen LogP contribution in [0.25, 0.3) is 0 Å². The van der Waals surface area contributed by atoms with Crippen molar-refractivity contribution in [1.82, 2.24) is 4.31 Å². The third-order valence-corrected chi connectivity index (χ3v) is 4.11. The molecule has 0 saturated heterocycles. The average Bonchev–Trinajstić information content (AvgIpc) is 2.00. The van der Waals surface area contributed by atoms with Gasteiger partial charge in [0.05, 0.1) is 11.1 Å². The van der Waals surface area contributed by atoms with E-state index in [2.05, 4.69) is 3.77 Å². The molecule has 0 aromatic heterocycles.